The van der Waals surface area contributed by atoms with Crippen LogP contribution in [0.5, 0.6) is 0 Å². The van der Waals surface area contributed by atoms with Crippen LogP contribution in [0.2, 0.25) is 0 Å². The van der Waals surface area contributed by atoms with Crippen molar-refractivity contribution >= 4 is 44.7 Å². The van der Waals surface area contributed by atoms with Gasteiger partial charge in [0.1, 0.15) is 5.01 Å². The average molecular weight is 359 g/mol. The van der Waals surface area contributed by atoms with Crippen molar-refractivity contribution in [2.75, 3.05) is 13.6 Å². The van der Waals surface area contributed by atoms with Crippen LogP contribution >= 0.6 is 22.7 Å². The Bertz CT molecular complexity index is 825. The highest BCUT2D eigenvalue weighted by molar-refractivity contribution is 7.18. The number of nitrogens with zero attached hydrogens (tertiary/aromatic N) is 2. The molecular weight excluding hydrogens is 342 g/mol. The molecule has 24 heavy (non-hydrogen) atoms. The van der Waals surface area contributed by atoms with Gasteiger partial charge in [0, 0.05) is 7.05 Å². The summed E-state index contributed by atoms with van der Waals surface area (Å²) in [5.74, 6) is -0.369. The van der Waals surface area contributed by atoms with E-state index in [4.69, 9.17) is 0 Å². The highest BCUT2D eigenvalue weighted by Gasteiger charge is 2.21. The van der Waals surface area contributed by atoms with Gasteiger partial charge in [-0.05, 0) is 30.5 Å². The Morgan fingerprint density at radius 1 is 1.25 bits per heavy atom. The lowest BCUT2D eigenvalue weighted by Crippen LogP contribution is -2.39. The van der Waals surface area contributed by atoms with Gasteiger partial charge in [-0.25, -0.2) is 4.98 Å². The summed E-state index contributed by atoms with van der Waals surface area (Å²) in [6.45, 7) is 1.92. The normalized spacial score (nSPS) is 12.1. The zero-order valence-electron chi connectivity index (χ0n) is 13.4. The fourth-order valence-electron chi connectivity index (χ4n) is 2.23. The molecule has 3 aromatic rings. The standard InChI is InChI=1S/C17H17N3O2S2/c1-11(17-19-12-6-3-4-7-13(12)24-17)20(2)15(21)10-18-16(22)14-8-5-9-23-14/h3-9,11H,10H2,1-2H3,(H,18,22)/t11-/m0/s1. The molecule has 2 amide bonds. The maximum Gasteiger partial charge on any atom is 0.261 e. The number of carbonyl (C=O) groups is 2. The van der Waals surface area contributed by atoms with Crippen molar-refractivity contribution < 1.29 is 9.59 Å². The Morgan fingerprint density at radius 3 is 2.75 bits per heavy atom. The minimum Gasteiger partial charge on any atom is -0.342 e. The Morgan fingerprint density at radius 2 is 2.04 bits per heavy atom. The van der Waals surface area contributed by atoms with Gasteiger partial charge < -0.3 is 10.2 Å². The van der Waals surface area contributed by atoms with Gasteiger partial charge >= 0.3 is 0 Å². The molecule has 1 atom stereocenters. The van der Waals surface area contributed by atoms with E-state index >= 15 is 0 Å². The maximum atomic E-state index is 12.3. The third-order valence-electron chi connectivity index (χ3n) is 3.79. The molecule has 7 heteroatoms. The Kier molecular flexibility index (Phi) is 4.92. The van der Waals surface area contributed by atoms with Crippen molar-refractivity contribution in [1.29, 1.82) is 0 Å². The van der Waals surface area contributed by atoms with Crippen molar-refractivity contribution in [3.8, 4) is 0 Å². The molecule has 2 heterocycles. The van der Waals surface area contributed by atoms with Gasteiger partial charge in [-0.15, -0.1) is 22.7 Å². The number of thiophene rings is 1. The van der Waals surface area contributed by atoms with Crippen molar-refractivity contribution in [2.45, 2.75) is 13.0 Å². The zero-order valence-corrected chi connectivity index (χ0v) is 15.0. The summed E-state index contributed by atoms with van der Waals surface area (Å²) in [6, 6.07) is 11.3. The van der Waals surface area contributed by atoms with Gasteiger partial charge in [0.05, 0.1) is 27.7 Å². The summed E-state index contributed by atoms with van der Waals surface area (Å²) in [5, 5.41) is 5.38. The van der Waals surface area contributed by atoms with E-state index in [1.54, 1.807) is 29.4 Å². The van der Waals surface area contributed by atoms with E-state index in [0.717, 1.165) is 15.2 Å². The second-order valence-electron chi connectivity index (χ2n) is 5.36. The summed E-state index contributed by atoms with van der Waals surface area (Å²) < 4.78 is 1.10. The van der Waals surface area contributed by atoms with Gasteiger partial charge in [-0.1, -0.05) is 18.2 Å². The van der Waals surface area contributed by atoms with Crippen molar-refractivity contribution in [2.24, 2.45) is 0 Å². The number of thiazole rings is 1. The van der Waals surface area contributed by atoms with Gasteiger partial charge in [0.2, 0.25) is 5.91 Å². The predicted molar refractivity (Wildman–Crippen MR) is 97.5 cm³/mol. The van der Waals surface area contributed by atoms with Crippen LogP contribution in [0.4, 0.5) is 0 Å². The third-order valence-corrected chi connectivity index (χ3v) is 5.86. The third kappa shape index (κ3) is 3.47. The van der Waals surface area contributed by atoms with E-state index in [9.17, 15) is 9.59 Å². The van der Waals surface area contributed by atoms with Gasteiger partial charge in [0.15, 0.2) is 0 Å². The lowest BCUT2D eigenvalue weighted by Gasteiger charge is -2.23. The lowest BCUT2D eigenvalue weighted by atomic mass is 10.3. The average Bonchev–Trinajstić information content (AvgIpc) is 3.26. The molecule has 0 saturated heterocycles. The van der Waals surface area contributed by atoms with Gasteiger partial charge in [-0.3, -0.25) is 9.59 Å². The highest BCUT2D eigenvalue weighted by Crippen LogP contribution is 2.28. The minimum absolute atomic E-state index is 0.0253. The molecule has 124 valence electrons. The first kappa shape index (κ1) is 16.6. The molecule has 0 bridgehead atoms. The molecule has 0 unspecified atom stereocenters. The van der Waals surface area contributed by atoms with Gasteiger partial charge in [-0.2, -0.15) is 0 Å². The van der Waals surface area contributed by atoms with Crippen molar-refractivity contribution in [3.63, 3.8) is 0 Å². The SMILES string of the molecule is C[C@@H](c1nc2ccccc2s1)N(C)C(=O)CNC(=O)c1cccs1. The Balaban J connectivity index is 1.63. The number of hydrogen-bond donors (Lipinski definition) is 1. The molecule has 0 spiro atoms. The largest absolute Gasteiger partial charge is 0.342 e. The quantitative estimate of drug-likeness (QED) is 0.760. The van der Waals surface area contributed by atoms with Crippen LogP contribution < -0.4 is 5.32 Å². The van der Waals surface area contributed by atoms with E-state index in [1.165, 1.54) is 11.3 Å². The summed E-state index contributed by atoms with van der Waals surface area (Å²) in [6.07, 6.45) is 0. The number of benzene rings is 1. The van der Waals surface area contributed by atoms with E-state index in [2.05, 4.69) is 10.3 Å². The van der Waals surface area contributed by atoms with E-state index in [1.807, 2.05) is 42.6 Å². The molecular formula is C17H17N3O2S2. The van der Waals surface area contributed by atoms with E-state index in [0.29, 0.717) is 4.88 Å². The monoisotopic (exact) mass is 359 g/mol. The number of nitrogens with one attached hydrogen (secondary N) is 1. The molecule has 0 aliphatic carbocycles. The van der Waals surface area contributed by atoms with Crippen molar-refractivity contribution in [3.05, 3.63) is 51.7 Å². The molecule has 0 fully saturated rings. The van der Waals surface area contributed by atoms with Crippen LogP contribution in [0.1, 0.15) is 27.6 Å². The molecule has 2 aromatic heterocycles. The molecule has 0 aliphatic rings. The first-order valence-electron chi connectivity index (χ1n) is 7.49. The summed E-state index contributed by atoms with van der Waals surface area (Å²) >= 11 is 2.93. The molecule has 0 aliphatic heterocycles. The maximum absolute atomic E-state index is 12.3. The number of likely N-dealkylation sites (N-methyl/N-ethyl adjacent to an activating group) is 1. The Hall–Kier alpha value is -2.25. The smallest absolute Gasteiger partial charge is 0.261 e. The van der Waals surface area contributed by atoms with E-state index < -0.39 is 0 Å². The van der Waals surface area contributed by atoms with Crippen LogP contribution in [-0.2, 0) is 4.79 Å². The second-order valence-corrected chi connectivity index (χ2v) is 7.37. The number of para-hydroxylation sites is 1. The molecule has 3 rings (SSSR count). The number of carbonyl (C=O) groups excluding carboxylic acids is 2. The molecule has 5 nitrogen and oxygen atoms in total. The zero-order chi connectivity index (χ0) is 17.1. The fraction of sp³-hybridized carbons (Fsp3) is 0.235. The van der Waals surface area contributed by atoms with Crippen molar-refractivity contribution in [1.82, 2.24) is 15.2 Å². The number of hydrogen-bond acceptors (Lipinski definition) is 5. The second kappa shape index (κ2) is 7.11. The fourth-order valence-corrected chi connectivity index (χ4v) is 3.93. The minimum atomic E-state index is -0.223. The summed E-state index contributed by atoms with van der Waals surface area (Å²) in [5.41, 5.74) is 0.941. The predicted octanol–water partition coefficient (Wildman–Crippen LogP) is 3.31. The molecule has 1 N–H and O–H groups in total. The van der Waals surface area contributed by atoms with Crippen LogP contribution in [-0.4, -0.2) is 35.3 Å². The van der Waals surface area contributed by atoms with Crippen LogP contribution in [0.15, 0.2) is 41.8 Å². The number of aromatic nitrogens is 1. The van der Waals surface area contributed by atoms with Crippen LogP contribution in [0.25, 0.3) is 10.2 Å². The Labute approximate surface area is 147 Å². The summed E-state index contributed by atoms with van der Waals surface area (Å²) in [4.78, 5) is 31.1. The molecule has 1 aromatic carbocycles. The van der Waals surface area contributed by atoms with Gasteiger partial charge in [0.25, 0.3) is 5.91 Å². The number of fused-ring (bicyclic) bond motifs is 1. The van der Waals surface area contributed by atoms with Crippen LogP contribution in [0, 0.1) is 0 Å². The molecule has 0 radical (unpaired) electrons. The first-order chi connectivity index (χ1) is 11.6. The van der Waals surface area contributed by atoms with E-state index in [-0.39, 0.29) is 24.4 Å². The number of amides is 2. The number of rotatable bonds is 5. The highest BCUT2D eigenvalue weighted by atomic mass is 32.1. The molecule has 0 saturated carbocycles. The topological polar surface area (TPSA) is 62.3 Å². The lowest BCUT2D eigenvalue weighted by molar-refractivity contribution is -0.130. The summed E-state index contributed by atoms with van der Waals surface area (Å²) in [7, 11) is 1.73. The van der Waals surface area contributed by atoms with Crippen LogP contribution in [0.3, 0.4) is 0 Å². The first-order valence-corrected chi connectivity index (χ1v) is 9.18.